The number of aliphatic imine (C=N–C) groups is 1. The van der Waals surface area contributed by atoms with E-state index < -0.39 is 6.67 Å². The lowest BCUT2D eigenvalue weighted by molar-refractivity contribution is 0.321. The summed E-state index contributed by atoms with van der Waals surface area (Å²) >= 11 is 0. The smallest absolute Gasteiger partial charge is 0.137 e. The van der Waals surface area contributed by atoms with Crippen molar-refractivity contribution in [2.75, 3.05) is 13.2 Å². The number of aromatic amines is 1. The highest BCUT2D eigenvalue weighted by molar-refractivity contribution is 5.88. The first-order valence-electron chi connectivity index (χ1n) is 9.20. The highest BCUT2D eigenvalue weighted by Crippen LogP contribution is 2.26. The number of fused-ring (bicyclic) bond motifs is 1. The molecule has 2 aromatic rings. The van der Waals surface area contributed by atoms with Crippen LogP contribution in [0.2, 0.25) is 0 Å². The van der Waals surface area contributed by atoms with Crippen molar-refractivity contribution in [2.24, 2.45) is 16.6 Å². The summed E-state index contributed by atoms with van der Waals surface area (Å²) in [5.41, 5.74) is 9.66. The van der Waals surface area contributed by atoms with Gasteiger partial charge in [-0.2, -0.15) is 0 Å². The molecule has 154 valence electrons. The standard InChI is InChI=1S/C21H28FN7/c1-14(2)29(24)13-19(20(23)6-9-25-16(4)26-10-7-22)15(3)18-11-17-5-8-27-21(17)28-12-18/h5-6,8-9,11-14,26H,3-4,7,10,23-24H2,1-2H3,(H,27,28)/b19-13+,20-6-,25-9-. The average Bonchev–Trinajstić information content (AvgIpc) is 3.17. The molecule has 8 heteroatoms. The van der Waals surface area contributed by atoms with E-state index in [1.807, 2.05) is 32.2 Å². The highest BCUT2D eigenvalue weighted by Gasteiger charge is 2.12. The van der Waals surface area contributed by atoms with Gasteiger partial charge in [0.15, 0.2) is 0 Å². The largest absolute Gasteiger partial charge is 0.398 e. The van der Waals surface area contributed by atoms with E-state index in [0.29, 0.717) is 22.7 Å². The Morgan fingerprint density at radius 2 is 2.21 bits per heavy atom. The molecule has 0 aliphatic heterocycles. The number of rotatable bonds is 10. The summed E-state index contributed by atoms with van der Waals surface area (Å²) in [6, 6.07) is 3.98. The lowest BCUT2D eigenvalue weighted by atomic mass is 9.98. The third kappa shape index (κ3) is 6.05. The van der Waals surface area contributed by atoms with Gasteiger partial charge >= 0.3 is 0 Å². The zero-order valence-corrected chi connectivity index (χ0v) is 16.8. The van der Waals surface area contributed by atoms with Crippen molar-refractivity contribution >= 4 is 22.8 Å². The van der Waals surface area contributed by atoms with Gasteiger partial charge in [-0.1, -0.05) is 13.2 Å². The first-order valence-corrected chi connectivity index (χ1v) is 9.20. The Morgan fingerprint density at radius 1 is 1.45 bits per heavy atom. The molecule has 6 N–H and O–H groups in total. The van der Waals surface area contributed by atoms with E-state index in [-0.39, 0.29) is 12.6 Å². The molecule has 0 radical (unpaired) electrons. The van der Waals surface area contributed by atoms with Crippen molar-refractivity contribution in [1.82, 2.24) is 20.3 Å². The molecule has 29 heavy (non-hydrogen) atoms. The molecule has 0 spiro atoms. The van der Waals surface area contributed by atoms with Gasteiger partial charge in [-0.25, -0.2) is 20.2 Å². The van der Waals surface area contributed by atoms with E-state index in [0.717, 1.165) is 16.6 Å². The quantitative estimate of drug-likeness (QED) is 0.213. The minimum atomic E-state index is -0.500. The Bertz CT molecular complexity index is 953. The number of nitrogens with two attached hydrogens (primary N) is 2. The third-order valence-electron chi connectivity index (χ3n) is 4.17. The first-order chi connectivity index (χ1) is 13.8. The number of alkyl halides is 1. The van der Waals surface area contributed by atoms with Crippen LogP contribution in [0, 0.1) is 0 Å². The lowest BCUT2D eigenvalue weighted by Crippen LogP contribution is -2.33. The average molecular weight is 398 g/mol. The van der Waals surface area contributed by atoms with E-state index in [4.69, 9.17) is 11.6 Å². The predicted molar refractivity (Wildman–Crippen MR) is 118 cm³/mol. The number of pyridine rings is 1. The summed E-state index contributed by atoms with van der Waals surface area (Å²) in [6.07, 6.45) is 8.42. The van der Waals surface area contributed by atoms with Crippen LogP contribution >= 0.6 is 0 Å². The fourth-order valence-electron chi connectivity index (χ4n) is 2.42. The van der Waals surface area contributed by atoms with E-state index in [1.165, 1.54) is 6.21 Å². The maximum absolute atomic E-state index is 12.2. The number of hydrogen-bond acceptors (Lipinski definition) is 6. The first kappa shape index (κ1) is 21.9. The zero-order chi connectivity index (χ0) is 21.4. The monoisotopic (exact) mass is 397 g/mol. The molecule has 0 saturated heterocycles. The number of nitrogens with zero attached hydrogens (tertiary/aromatic N) is 3. The molecule has 2 aromatic heterocycles. The van der Waals surface area contributed by atoms with Crippen molar-refractivity contribution in [1.29, 1.82) is 0 Å². The van der Waals surface area contributed by atoms with Crippen LogP contribution in [0.5, 0.6) is 0 Å². The Kier molecular flexibility index (Phi) is 7.73. The van der Waals surface area contributed by atoms with Crippen LogP contribution in [0.1, 0.15) is 19.4 Å². The van der Waals surface area contributed by atoms with Crippen LogP contribution < -0.4 is 16.9 Å². The second-order valence-electron chi connectivity index (χ2n) is 6.66. The molecule has 7 nitrogen and oxygen atoms in total. The van der Waals surface area contributed by atoms with Crippen LogP contribution in [0.4, 0.5) is 4.39 Å². The number of hydrogen-bond donors (Lipinski definition) is 4. The Morgan fingerprint density at radius 3 is 2.90 bits per heavy atom. The summed E-state index contributed by atoms with van der Waals surface area (Å²) in [6.45, 7) is 11.5. The molecule has 0 atom stereocenters. The van der Waals surface area contributed by atoms with Gasteiger partial charge in [-0.3, -0.25) is 0 Å². The molecule has 0 aliphatic rings. The molecule has 0 unspecified atom stereocenters. The van der Waals surface area contributed by atoms with Gasteiger partial charge in [0.05, 0.1) is 0 Å². The number of halogens is 1. The van der Waals surface area contributed by atoms with Crippen LogP contribution in [-0.4, -0.2) is 40.5 Å². The summed E-state index contributed by atoms with van der Waals surface area (Å²) in [5.74, 6) is 6.44. The Hall–Kier alpha value is -3.39. The van der Waals surface area contributed by atoms with Crippen LogP contribution in [-0.2, 0) is 0 Å². The van der Waals surface area contributed by atoms with Gasteiger partial charge in [0.25, 0.3) is 0 Å². The van der Waals surface area contributed by atoms with Crippen LogP contribution in [0.15, 0.2) is 72.0 Å². The van der Waals surface area contributed by atoms with Gasteiger partial charge < -0.3 is 21.0 Å². The van der Waals surface area contributed by atoms with Gasteiger partial charge in [0, 0.05) is 59.6 Å². The minimum Gasteiger partial charge on any atom is -0.398 e. The SMILES string of the molecule is C=C(\N=C/C=C(N)/C(=C/N(N)C(C)C)C(=C)c1cnc2[nH]ccc2c1)NCCF. The second-order valence-corrected chi connectivity index (χ2v) is 6.66. The fourth-order valence-corrected chi connectivity index (χ4v) is 2.42. The van der Waals surface area contributed by atoms with E-state index in [1.54, 1.807) is 23.5 Å². The number of H-pyrrole nitrogens is 1. The van der Waals surface area contributed by atoms with Crippen molar-refractivity contribution in [2.45, 2.75) is 19.9 Å². The van der Waals surface area contributed by atoms with E-state index in [2.05, 4.69) is 33.4 Å². The van der Waals surface area contributed by atoms with Crippen molar-refractivity contribution in [3.05, 3.63) is 72.6 Å². The molecule has 0 aromatic carbocycles. The summed E-state index contributed by atoms with van der Waals surface area (Å²) in [5, 5.41) is 5.26. The predicted octanol–water partition coefficient (Wildman–Crippen LogP) is 2.99. The van der Waals surface area contributed by atoms with Gasteiger partial charge in [0.2, 0.25) is 0 Å². The van der Waals surface area contributed by atoms with Gasteiger partial charge in [-0.05, 0) is 37.6 Å². The third-order valence-corrected chi connectivity index (χ3v) is 4.17. The molecular weight excluding hydrogens is 369 g/mol. The number of aromatic nitrogens is 2. The van der Waals surface area contributed by atoms with Gasteiger partial charge in [-0.15, -0.1) is 0 Å². The summed E-state index contributed by atoms with van der Waals surface area (Å²) < 4.78 is 12.2. The summed E-state index contributed by atoms with van der Waals surface area (Å²) in [4.78, 5) is 11.6. The maximum Gasteiger partial charge on any atom is 0.137 e. The minimum absolute atomic E-state index is 0.0641. The maximum atomic E-state index is 12.2. The van der Waals surface area contributed by atoms with Crippen molar-refractivity contribution < 1.29 is 4.39 Å². The van der Waals surface area contributed by atoms with E-state index in [9.17, 15) is 4.39 Å². The number of hydrazine groups is 1. The molecular formula is C21H28FN7. The normalized spacial score (nSPS) is 12.7. The molecule has 2 rings (SSSR count). The van der Waals surface area contributed by atoms with E-state index >= 15 is 0 Å². The fraction of sp³-hybridized carbons (Fsp3) is 0.238. The van der Waals surface area contributed by atoms with Crippen molar-refractivity contribution in [3.63, 3.8) is 0 Å². The summed E-state index contributed by atoms with van der Waals surface area (Å²) in [7, 11) is 0. The lowest BCUT2D eigenvalue weighted by Gasteiger charge is -2.21. The zero-order valence-electron chi connectivity index (χ0n) is 16.8. The van der Waals surface area contributed by atoms with Crippen molar-refractivity contribution in [3.8, 4) is 0 Å². The van der Waals surface area contributed by atoms with Crippen LogP contribution in [0.3, 0.4) is 0 Å². The second kappa shape index (κ2) is 10.2. The van der Waals surface area contributed by atoms with Gasteiger partial charge in [0.1, 0.15) is 18.1 Å². The molecule has 0 aliphatic carbocycles. The molecule has 0 fully saturated rings. The van der Waals surface area contributed by atoms with Crippen LogP contribution in [0.25, 0.3) is 16.6 Å². The number of nitrogens with one attached hydrogen (secondary N) is 2. The molecule has 0 saturated carbocycles. The highest BCUT2D eigenvalue weighted by atomic mass is 19.1. The Balaban J connectivity index is 2.33. The Labute approximate surface area is 170 Å². The molecule has 2 heterocycles. The topological polar surface area (TPSA) is 108 Å². The molecule has 0 amide bonds. The number of allylic oxidation sites excluding steroid dienone is 2. The molecule has 0 bridgehead atoms.